The van der Waals surface area contributed by atoms with Gasteiger partial charge in [0.05, 0.1) is 6.61 Å². The first kappa shape index (κ1) is 5.94. The van der Waals surface area contributed by atoms with E-state index < -0.39 is 12.5 Å². The molecule has 4 heteroatoms. The van der Waals surface area contributed by atoms with E-state index in [1.54, 1.807) is 0 Å². The first-order valence-corrected chi connectivity index (χ1v) is 2.55. The largest absolute Gasteiger partial charge is 0.358 e. The molecule has 1 aliphatic heterocycles. The van der Waals surface area contributed by atoms with E-state index in [9.17, 15) is 4.39 Å². The van der Waals surface area contributed by atoms with Gasteiger partial charge in [-0.15, -0.1) is 0 Å². The Morgan fingerprint density at radius 2 is 2.50 bits per heavy atom. The topological polar surface area (TPSA) is 47.3 Å². The molecule has 1 aliphatic rings. The number of hydrogen-bond acceptors (Lipinski definition) is 3. The molecule has 0 aromatic rings. The van der Waals surface area contributed by atoms with Crippen LogP contribution >= 0.6 is 0 Å². The van der Waals surface area contributed by atoms with Gasteiger partial charge >= 0.3 is 0 Å². The molecule has 0 amide bonds. The van der Waals surface area contributed by atoms with Gasteiger partial charge in [-0.2, -0.15) is 0 Å². The third-order valence-electron chi connectivity index (χ3n) is 1.04. The second-order valence-corrected chi connectivity index (χ2v) is 1.69. The van der Waals surface area contributed by atoms with E-state index in [0.29, 0.717) is 13.2 Å². The predicted molar refractivity (Wildman–Crippen MR) is 26.8 cm³/mol. The van der Waals surface area contributed by atoms with E-state index in [-0.39, 0.29) is 0 Å². The summed E-state index contributed by atoms with van der Waals surface area (Å²) in [6, 6.07) is 0. The summed E-state index contributed by atoms with van der Waals surface area (Å²) in [4.78, 5) is 0. The molecule has 0 aromatic carbocycles. The van der Waals surface area contributed by atoms with Crippen molar-refractivity contribution in [3.63, 3.8) is 0 Å². The number of alkyl halides is 1. The van der Waals surface area contributed by atoms with E-state index in [0.717, 1.165) is 0 Å². The summed E-state index contributed by atoms with van der Waals surface area (Å²) >= 11 is 0. The van der Waals surface area contributed by atoms with Gasteiger partial charge in [-0.05, 0) is 0 Å². The van der Waals surface area contributed by atoms with Crippen LogP contribution in [0.25, 0.3) is 0 Å². The van der Waals surface area contributed by atoms with E-state index in [4.69, 9.17) is 10.5 Å². The number of rotatable bonds is 0. The molecule has 0 radical (unpaired) electrons. The van der Waals surface area contributed by atoms with Gasteiger partial charge in [0.1, 0.15) is 0 Å². The Morgan fingerprint density at radius 3 is 2.88 bits per heavy atom. The average Bonchev–Trinajstić information content (AvgIpc) is 1.77. The molecule has 1 fully saturated rings. The normalized spacial score (nSPS) is 39.8. The smallest absolute Gasteiger partial charge is 0.190 e. The Bertz CT molecular complexity index is 70.4. The lowest BCUT2D eigenvalue weighted by molar-refractivity contribution is -0.0425. The zero-order valence-electron chi connectivity index (χ0n) is 4.43. The standard InChI is InChI=1S/C4H9FN2O/c5-3-4(6)8-2-1-7-3/h3-4,7H,1-2,6H2. The summed E-state index contributed by atoms with van der Waals surface area (Å²) in [5.41, 5.74) is 5.12. The molecule has 8 heavy (non-hydrogen) atoms. The molecule has 0 saturated carbocycles. The van der Waals surface area contributed by atoms with Gasteiger partial charge in [0, 0.05) is 6.54 Å². The lowest BCUT2D eigenvalue weighted by Gasteiger charge is -2.23. The van der Waals surface area contributed by atoms with Gasteiger partial charge in [0.15, 0.2) is 12.5 Å². The van der Waals surface area contributed by atoms with Gasteiger partial charge < -0.3 is 10.5 Å². The van der Waals surface area contributed by atoms with Crippen LogP contribution in [0.1, 0.15) is 0 Å². The third-order valence-corrected chi connectivity index (χ3v) is 1.04. The summed E-state index contributed by atoms with van der Waals surface area (Å²) in [6.45, 7) is 1.05. The lowest BCUT2D eigenvalue weighted by atomic mass is 10.4. The number of nitrogens with two attached hydrogens (primary N) is 1. The molecule has 1 rings (SSSR count). The molecule has 0 bridgehead atoms. The van der Waals surface area contributed by atoms with Gasteiger partial charge in [-0.25, -0.2) is 4.39 Å². The van der Waals surface area contributed by atoms with Gasteiger partial charge in [-0.1, -0.05) is 0 Å². The van der Waals surface area contributed by atoms with Gasteiger partial charge in [0.2, 0.25) is 0 Å². The maximum Gasteiger partial charge on any atom is 0.190 e. The van der Waals surface area contributed by atoms with Crippen molar-refractivity contribution in [1.82, 2.24) is 5.32 Å². The highest BCUT2D eigenvalue weighted by Gasteiger charge is 2.19. The van der Waals surface area contributed by atoms with Gasteiger partial charge in [-0.3, -0.25) is 5.32 Å². The highest BCUT2D eigenvalue weighted by Crippen LogP contribution is 1.98. The second kappa shape index (κ2) is 2.39. The van der Waals surface area contributed by atoms with Crippen molar-refractivity contribution < 1.29 is 9.13 Å². The monoisotopic (exact) mass is 120 g/mol. The minimum absolute atomic E-state index is 0.502. The van der Waals surface area contributed by atoms with Crippen LogP contribution in [0.4, 0.5) is 4.39 Å². The summed E-state index contributed by atoms with van der Waals surface area (Å²) in [7, 11) is 0. The molecular weight excluding hydrogens is 111 g/mol. The molecule has 48 valence electrons. The van der Waals surface area contributed by atoms with Crippen molar-refractivity contribution >= 4 is 0 Å². The Labute approximate surface area is 47.0 Å². The Balaban J connectivity index is 2.28. The second-order valence-electron chi connectivity index (χ2n) is 1.69. The zero-order valence-corrected chi connectivity index (χ0v) is 4.43. The first-order valence-electron chi connectivity index (χ1n) is 2.55. The third kappa shape index (κ3) is 1.15. The van der Waals surface area contributed by atoms with Crippen LogP contribution in [0.2, 0.25) is 0 Å². The predicted octanol–water partition coefficient (Wildman–Crippen LogP) is -0.813. The van der Waals surface area contributed by atoms with Crippen molar-refractivity contribution in [2.75, 3.05) is 13.2 Å². The van der Waals surface area contributed by atoms with Crippen LogP contribution in [0, 0.1) is 0 Å². The molecule has 2 unspecified atom stereocenters. The Kier molecular flexibility index (Phi) is 1.77. The van der Waals surface area contributed by atoms with E-state index in [1.165, 1.54) is 0 Å². The van der Waals surface area contributed by atoms with Crippen molar-refractivity contribution in [2.24, 2.45) is 5.73 Å². The molecule has 0 aliphatic carbocycles. The van der Waals surface area contributed by atoms with Crippen LogP contribution in [0.3, 0.4) is 0 Å². The number of ether oxygens (including phenoxy) is 1. The highest BCUT2D eigenvalue weighted by atomic mass is 19.1. The van der Waals surface area contributed by atoms with Crippen LogP contribution in [-0.4, -0.2) is 25.7 Å². The SMILES string of the molecule is NC1OCCNC1F. The number of morpholine rings is 1. The fraction of sp³-hybridized carbons (Fsp3) is 1.00. The number of nitrogens with one attached hydrogen (secondary N) is 1. The van der Waals surface area contributed by atoms with Gasteiger partial charge in [0.25, 0.3) is 0 Å². The van der Waals surface area contributed by atoms with E-state index in [2.05, 4.69) is 5.32 Å². The molecule has 0 spiro atoms. The molecule has 0 aromatic heterocycles. The molecule has 3 nitrogen and oxygen atoms in total. The molecule has 2 atom stereocenters. The molecule has 1 heterocycles. The maximum absolute atomic E-state index is 12.2. The van der Waals surface area contributed by atoms with E-state index >= 15 is 0 Å². The minimum Gasteiger partial charge on any atom is -0.358 e. The van der Waals surface area contributed by atoms with Crippen LogP contribution < -0.4 is 11.1 Å². The zero-order chi connectivity index (χ0) is 5.98. The number of hydrogen-bond donors (Lipinski definition) is 2. The fourth-order valence-corrected chi connectivity index (χ4v) is 0.592. The van der Waals surface area contributed by atoms with E-state index in [1.807, 2.05) is 0 Å². The first-order chi connectivity index (χ1) is 3.80. The maximum atomic E-state index is 12.2. The van der Waals surface area contributed by atoms with Crippen LogP contribution in [0.15, 0.2) is 0 Å². The molecular formula is C4H9FN2O. The van der Waals surface area contributed by atoms with Crippen molar-refractivity contribution in [2.45, 2.75) is 12.5 Å². The number of halogens is 1. The van der Waals surface area contributed by atoms with Crippen molar-refractivity contribution in [3.8, 4) is 0 Å². The summed E-state index contributed by atoms with van der Waals surface area (Å²) in [6.07, 6.45) is -1.97. The molecule has 1 saturated heterocycles. The van der Waals surface area contributed by atoms with Crippen molar-refractivity contribution in [1.29, 1.82) is 0 Å². The highest BCUT2D eigenvalue weighted by molar-refractivity contribution is 4.65. The fourth-order valence-electron chi connectivity index (χ4n) is 0.592. The van der Waals surface area contributed by atoms with Crippen molar-refractivity contribution in [3.05, 3.63) is 0 Å². The molecule has 3 N–H and O–H groups in total. The quantitative estimate of drug-likeness (QED) is 0.411. The lowest BCUT2D eigenvalue weighted by Crippen LogP contribution is -2.50. The minimum atomic E-state index is -1.19. The Morgan fingerprint density at radius 1 is 1.75 bits per heavy atom. The average molecular weight is 120 g/mol. The summed E-state index contributed by atoms with van der Waals surface area (Å²) in [5, 5.41) is 2.52. The van der Waals surface area contributed by atoms with Crippen LogP contribution in [-0.2, 0) is 4.74 Å². The summed E-state index contributed by atoms with van der Waals surface area (Å²) < 4.78 is 16.9. The summed E-state index contributed by atoms with van der Waals surface area (Å²) in [5.74, 6) is 0. The Hall–Kier alpha value is -0.190. The van der Waals surface area contributed by atoms with Crippen LogP contribution in [0.5, 0.6) is 0 Å².